The third-order valence-electron chi connectivity index (χ3n) is 1.15. The van der Waals surface area contributed by atoms with Crippen molar-refractivity contribution in [2.75, 3.05) is 13.2 Å². The lowest BCUT2D eigenvalue weighted by Crippen LogP contribution is -2.12. The molecule has 0 atom stereocenters. The van der Waals surface area contributed by atoms with Crippen LogP contribution < -0.4 is 5.32 Å². The van der Waals surface area contributed by atoms with Gasteiger partial charge in [-0.1, -0.05) is 6.08 Å². The Hall–Kier alpha value is -1.25. The number of ether oxygens (including phenoxy) is 1. The summed E-state index contributed by atoms with van der Waals surface area (Å²) in [5.74, 6) is -0.313. The number of hydrogen-bond acceptors (Lipinski definition) is 3. The van der Waals surface area contributed by atoms with Gasteiger partial charge in [-0.3, -0.25) is 0 Å². The van der Waals surface area contributed by atoms with Crippen LogP contribution in [-0.4, -0.2) is 19.1 Å². The number of rotatable bonds is 5. The zero-order valence-corrected chi connectivity index (χ0v) is 7.59. The standard InChI is InChI=1S/C9H15NO2/c1-4-6-10-8(3)7-9(11)12-5-2/h4,7,10H,1,5-6H2,2-3H3. The van der Waals surface area contributed by atoms with Gasteiger partial charge in [-0.2, -0.15) is 0 Å². The summed E-state index contributed by atoms with van der Waals surface area (Å²) in [4.78, 5) is 10.9. The Balaban J connectivity index is 3.80. The molecule has 0 bridgehead atoms. The molecular formula is C9H15NO2. The van der Waals surface area contributed by atoms with E-state index in [9.17, 15) is 4.79 Å². The highest BCUT2D eigenvalue weighted by atomic mass is 16.5. The van der Waals surface area contributed by atoms with Gasteiger partial charge in [-0.25, -0.2) is 4.79 Å². The van der Waals surface area contributed by atoms with Crippen LogP contribution in [0.5, 0.6) is 0 Å². The minimum Gasteiger partial charge on any atom is -0.463 e. The molecule has 0 aromatic carbocycles. The number of hydrogen-bond donors (Lipinski definition) is 1. The lowest BCUT2D eigenvalue weighted by atomic mass is 10.4. The van der Waals surface area contributed by atoms with Gasteiger partial charge in [0.2, 0.25) is 0 Å². The lowest BCUT2D eigenvalue weighted by molar-refractivity contribution is -0.137. The Labute approximate surface area is 73.1 Å². The van der Waals surface area contributed by atoms with Crippen LogP contribution in [0.1, 0.15) is 13.8 Å². The van der Waals surface area contributed by atoms with Gasteiger partial charge in [0.25, 0.3) is 0 Å². The zero-order chi connectivity index (χ0) is 9.40. The van der Waals surface area contributed by atoms with Crippen molar-refractivity contribution >= 4 is 5.97 Å². The molecule has 0 spiro atoms. The molecule has 3 nitrogen and oxygen atoms in total. The fourth-order valence-electron chi connectivity index (χ4n) is 0.645. The van der Waals surface area contributed by atoms with Crippen molar-refractivity contribution in [3.05, 3.63) is 24.4 Å². The van der Waals surface area contributed by atoms with E-state index in [1.807, 2.05) is 0 Å². The Morgan fingerprint density at radius 3 is 2.83 bits per heavy atom. The minimum atomic E-state index is -0.313. The maximum atomic E-state index is 10.9. The zero-order valence-electron chi connectivity index (χ0n) is 7.59. The first-order valence-corrected chi connectivity index (χ1v) is 3.90. The molecule has 0 unspecified atom stereocenters. The summed E-state index contributed by atoms with van der Waals surface area (Å²) >= 11 is 0. The van der Waals surface area contributed by atoms with Gasteiger partial charge in [0.05, 0.1) is 6.61 Å². The van der Waals surface area contributed by atoms with Gasteiger partial charge in [-0.05, 0) is 13.8 Å². The fourth-order valence-corrected chi connectivity index (χ4v) is 0.645. The van der Waals surface area contributed by atoms with E-state index in [4.69, 9.17) is 4.74 Å². The van der Waals surface area contributed by atoms with Crippen LogP contribution in [0.3, 0.4) is 0 Å². The van der Waals surface area contributed by atoms with E-state index in [2.05, 4.69) is 11.9 Å². The van der Waals surface area contributed by atoms with Crippen molar-refractivity contribution in [1.82, 2.24) is 5.32 Å². The normalized spacial score (nSPS) is 10.7. The summed E-state index contributed by atoms with van der Waals surface area (Å²) < 4.78 is 4.71. The van der Waals surface area contributed by atoms with Crippen LogP contribution in [-0.2, 0) is 9.53 Å². The number of allylic oxidation sites excluding steroid dienone is 1. The third-order valence-corrected chi connectivity index (χ3v) is 1.15. The molecule has 3 heteroatoms. The molecule has 0 saturated carbocycles. The molecule has 0 fully saturated rings. The SMILES string of the molecule is C=CCNC(C)=CC(=O)OCC. The number of carbonyl (C=O) groups excluding carboxylic acids is 1. The third kappa shape index (κ3) is 5.53. The van der Waals surface area contributed by atoms with Crippen molar-refractivity contribution in [3.63, 3.8) is 0 Å². The van der Waals surface area contributed by atoms with Crippen LogP contribution in [0.25, 0.3) is 0 Å². The first-order chi connectivity index (χ1) is 5.70. The highest BCUT2D eigenvalue weighted by Crippen LogP contribution is 1.88. The van der Waals surface area contributed by atoms with Gasteiger partial charge in [-0.15, -0.1) is 6.58 Å². The number of nitrogens with one attached hydrogen (secondary N) is 1. The van der Waals surface area contributed by atoms with Crippen LogP contribution in [0.15, 0.2) is 24.4 Å². The Morgan fingerprint density at radius 1 is 1.67 bits per heavy atom. The van der Waals surface area contributed by atoms with Crippen molar-refractivity contribution < 1.29 is 9.53 Å². The first kappa shape index (κ1) is 10.8. The Morgan fingerprint density at radius 2 is 2.33 bits per heavy atom. The lowest BCUT2D eigenvalue weighted by Gasteiger charge is -2.02. The largest absolute Gasteiger partial charge is 0.463 e. The summed E-state index contributed by atoms with van der Waals surface area (Å²) in [6.45, 7) is 8.19. The molecule has 0 aliphatic carbocycles. The van der Waals surface area contributed by atoms with E-state index < -0.39 is 0 Å². The summed E-state index contributed by atoms with van der Waals surface area (Å²) in [6.07, 6.45) is 3.15. The molecule has 0 aromatic heterocycles. The maximum Gasteiger partial charge on any atom is 0.332 e. The molecule has 0 aromatic rings. The van der Waals surface area contributed by atoms with Crippen LogP contribution in [0, 0.1) is 0 Å². The number of esters is 1. The van der Waals surface area contributed by atoms with E-state index >= 15 is 0 Å². The molecule has 12 heavy (non-hydrogen) atoms. The van der Waals surface area contributed by atoms with Crippen LogP contribution in [0.4, 0.5) is 0 Å². The monoisotopic (exact) mass is 169 g/mol. The molecule has 0 radical (unpaired) electrons. The topological polar surface area (TPSA) is 38.3 Å². The molecular weight excluding hydrogens is 154 g/mol. The predicted molar refractivity (Wildman–Crippen MR) is 48.6 cm³/mol. The molecule has 0 amide bonds. The molecule has 0 heterocycles. The highest BCUT2D eigenvalue weighted by Gasteiger charge is 1.95. The molecule has 0 saturated heterocycles. The second-order valence-corrected chi connectivity index (χ2v) is 2.25. The number of carbonyl (C=O) groups is 1. The van der Waals surface area contributed by atoms with Crippen LogP contribution in [0.2, 0.25) is 0 Å². The smallest absolute Gasteiger partial charge is 0.332 e. The van der Waals surface area contributed by atoms with Crippen molar-refractivity contribution in [2.45, 2.75) is 13.8 Å². The van der Waals surface area contributed by atoms with Crippen molar-refractivity contribution in [3.8, 4) is 0 Å². The second kappa shape index (κ2) is 6.46. The summed E-state index contributed by atoms with van der Waals surface area (Å²) in [6, 6.07) is 0. The predicted octanol–water partition coefficient (Wildman–Crippen LogP) is 1.23. The molecule has 1 N–H and O–H groups in total. The Kier molecular flexibility index (Phi) is 5.79. The van der Waals surface area contributed by atoms with E-state index in [1.165, 1.54) is 6.08 Å². The van der Waals surface area contributed by atoms with Gasteiger partial charge in [0.15, 0.2) is 0 Å². The van der Waals surface area contributed by atoms with Gasteiger partial charge in [0, 0.05) is 18.3 Å². The average molecular weight is 169 g/mol. The summed E-state index contributed by atoms with van der Waals surface area (Å²) in [5, 5.41) is 2.96. The van der Waals surface area contributed by atoms with E-state index in [0.717, 1.165) is 5.70 Å². The highest BCUT2D eigenvalue weighted by molar-refractivity contribution is 5.82. The summed E-state index contributed by atoms with van der Waals surface area (Å²) in [5.41, 5.74) is 0.786. The Bertz CT molecular complexity index is 185. The fraction of sp³-hybridized carbons (Fsp3) is 0.444. The van der Waals surface area contributed by atoms with Gasteiger partial charge < -0.3 is 10.1 Å². The average Bonchev–Trinajstić information content (AvgIpc) is 2.01. The quantitative estimate of drug-likeness (QED) is 0.382. The van der Waals surface area contributed by atoms with Gasteiger partial charge >= 0.3 is 5.97 Å². The van der Waals surface area contributed by atoms with E-state index in [-0.39, 0.29) is 5.97 Å². The summed E-state index contributed by atoms with van der Waals surface area (Å²) in [7, 11) is 0. The molecule has 0 aliphatic heterocycles. The van der Waals surface area contributed by atoms with Crippen molar-refractivity contribution in [1.29, 1.82) is 0 Å². The van der Waals surface area contributed by atoms with Crippen molar-refractivity contribution in [2.24, 2.45) is 0 Å². The second-order valence-electron chi connectivity index (χ2n) is 2.25. The van der Waals surface area contributed by atoms with Crippen LogP contribution >= 0.6 is 0 Å². The van der Waals surface area contributed by atoms with E-state index in [1.54, 1.807) is 19.9 Å². The molecule has 68 valence electrons. The minimum absolute atomic E-state index is 0.313. The van der Waals surface area contributed by atoms with E-state index in [0.29, 0.717) is 13.2 Å². The van der Waals surface area contributed by atoms with Gasteiger partial charge in [0.1, 0.15) is 0 Å². The maximum absolute atomic E-state index is 10.9. The molecule has 0 aliphatic rings. The first-order valence-electron chi connectivity index (χ1n) is 3.90. The molecule has 0 rings (SSSR count).